The van der Waals surface area contributed by atoms with Crippen molar-refractivity contribution in [3.63, 3.8) is 0 Å². The highest BCUT2D eigenvalue weighted by molar-refractivity contribution is 6.74. The number of hydrogen-bond donors (Lipinski definition) is 0. The molecule has 5 heteroatoms. The number of ketones is 1. The maximum atomic E-state index is 12.4. The Labute approximate surface area is 273 Å². The van der Waals surface area contributed by atoms with Gasteiger partial charge in [0.15, 0.2) is 22.4 Å². The minimum Gasteiger partial charge on any atom is -0.413 e. The summed E-state index contributed by atoms with van der Waals surface area (Å²) < 4.78 is 14.1. The smallest absolute Gasteiger partial charge is 0.192 e. The Kier molecular flexibility index (Phi) is 10.5. The molecule has 0 aliphatic heterocycles. The van der Waals surface area contributed by atoms with Gasteiger partial charge in [0.25, 0.3) is 0 Å². The lowest BCUT2D eigenvalue weighted by Gasteiger charge is -2.45. The first-order valence-electron chi connectivity index (χ1n) is 17.8. The van der Waals surface area contributed by atoms with E-state index in [-0.39, 0.29) is 22.3 Å². The van der Waals surface area contributed by atoms with Crippen LogP contribution in [0.25, 0.3) is 0 Å². The Morgan fingerprint density at radius 3 is 2.16 bits per heavy atom. The Morgan fingerprint density at radius 1 is 0.955 bits per heavy atom. The lowest BCUT2D eigenvalue weighted by atomic mass is 9.61. The largest absolute Gasteiger partial charge is 0.413 e. The maximum absolute atomic E-state index is 12.4. The summed E-state index contributed by atoms with van der Waals surface area (Å²) in [6, 6.07) is 0. The van der Waals surface area contributed by atoms with E-state index in [1.54, 1.807) is 5.57 Å². The highest BCUT2D eigenvalue weighted by Crippen LogP contribution is 2.59. The van der Waals surface area contributed by atoms with Gasteiger partial charge in [-0.25, -0.2) is 0 Å². The van der Waals surface area contributed by atoms with Gasteiger partial charge < -0.3 is 8.85 Å². The first-order chi connectivity index (χ1) is 20.2. The zero-order chi connectivity index (χ0) is 32.9. The van der Waals surface area contributed by atoms with Crippen LogP contribution >= 0.6 is 0 Å². The molecule has 4 fully saturated rings. The summed E-state index contributed by atoms with van der Waals surface area (Å²) in [6.07, 6.45) is 19.5. The van der Waals surface area contributed by atoms with Crippen LogP contribution in [0, 0.1) is 29.1 Å². The second-order valence-corrected chi connectivity index (χ2v) is 27.8. The SMILES string of the molecule is C=C1C(=CC=C2CCC[C@@]3(C)C2CC[C@@H]3C(C)/C=C/C(=O)C2CC2)CC(O[Si](C)(C)C(C)(C)C)CC1O[Si](C)(C)C(C)(C)C. The van der Waals surface area contributed by atoms with Crippen molar-refractivity contribution in [2.24, 2.45) is 29.1 Å². The zero-order valence-electron chi connectivity index (χ0n) is 30.6. The molecule has 4 rings (SSSR count). The van der Waals surface area contributed by atoms with E-state index < -0.39 is 16.6 Å². The number of rotatable bonds is 9. The maximum Gasteiger partial charge on any atom is 0.192 e. The van der Waals surface area contributed by atoms with E-state index in [1.165, 1.54) is 43.3 Å². The predicted molar refractivity (Wildman–Crippen MR) is 193 cm³/mol. The molecule has 0 aromatic carbocycles. The molecule has 0 heterocycles. The molecule has 3 nitrogen and oxygen atoms in total. The van der Waals surface area contributed by atoms with E-state index in [0.717, 1.165) is 25.7 Å². The Balaban J connectivity index is 1.58. The summed E-state index contributed by atoms with van der Waals surface area (Å²) in [5.74, 6) is 2.39. The third kappa shape index (κ3) is 7.74. The fourth-order valence-electron chi connectivity index (χ4n) is 7.79. The third-order valence-electron chi connectivity index (χ3n) is 13.0. The minimum atomic E-state index is -1.98. The normalized spacial score (nSPS) is 33.3. The number of carbonyl (C=O) groups excluding carboxylic acids is 1. The van der Waals surface area contributed by atoms with Crippen molar-refractivity contribution in [3.8, 4) is 0 Å². The number of fused-ring (bicyclic) bond motifs is 1. The fraction of sp³-hybridized carbons (Fsp3) is 0.769. The van der Waals surface area contributed by atoms with Crippen LogP contribution in [0.15, 0.2) is 47.6 Å². The van der Waals surface area contributed by atoms with Crippen molar-refractivity contribution in [2.75, 3.05) is 0 Å². The van der Waals surface area contributed by atoms with E-state index in [4.69, 9.17) is 8.85 Å². The van der Waals surface area contributed by atoms with Gasteiger partial charge >= 0.3 is 0 Å². The summed E-state index contributed by atoms with van der Waals surface area (Å²) in [5.41, 5.74) is 4.43. The van der Waals surface area contributed by atoms with Crippen molar-refractivity contribution in [1.29, 1.82) is 0 Å². The third-order valence-corrected chi connectivity index (χ3v) is 22.0. The molecule has 44 heavy (non-hydrogen) atoms. The second kappa shape index (κ2) is 12.9. The zero-order valence-corrected chi connectivity index (χ0v) is 32.6. The molecule has 0 amide bonds. The van der Waals surface area contributed by atoms with Gasteiger partial charge in [-0.3, -0.25) is 4.79 Å². The average Bonchev–Trinajstić information content (AvgIpc) is 3.68. The van der Waals surface area contributed by atoms with Crippen molar-refractivity contribution in [2.45, 2.75) is 162 Å². The lowest BCUT2D eigenvalue weighted by Crippen LogP contribution is -2.49. The molecule has 4 aliphatic carbocycles. The number of carbonyl (C=O) groups is 1. The second-order valence-electron chi connectivity index (χ2n) is 18.3. The van der Waals surface area contributed by atoms with Gasteiger partial charge in [0, 0.05) is 12.3 Å². The summed E-state index contributed by atoms with van der Waals surface area (Å²) >= 11 is 0. The van der Waals surface area contributed by atoms with Crippen LogP contribution in [0.5, 0.6) is 0 Å². The Bertz CT molecular complexity index is 1170. The molecule has 0 radical (unpaired) electrons. The first kappa shape index (κ1) is 35.8. The van der Waals surface area contributed by atoms with E-state index in [0.29, 0.717) is 34.9 Å². The monoisotopic (exact) mass is 638 g/mol. The van der Waals surface area contributed by atoms with Crippen molar-refractivity contribution in [3.05, 3.63) is 47.6 Å². The fourth-order valence-corrected chi connectivity index (χ4v) is 10.5. The highest BCUT2D eigenvalue weighted by Gasteiger charge is 2.50. The molecular weight excluding hydrogens is 573 g/mol. The van der Waals surface area contributed by atoms with Gasteiger partial charge in [0.2, 0.25) is 0 Å². The quantitative estimate of drug-likeness (QED) is 0.186. The molecule has 4 unspecified atom stereocenters. The van der Waals surface area contributed by atoms with Crippen LogP contribution in [0.4, 0.5) is 0 Å². The van der Waals surface area contributed by atoms with Crippen LogP contribution in [0.3, 0.4) is 0 Å². The molecule has 0 bridgehead atoms. The van der Waals surface area contributed by atoms with Crippen molar-refractivity contribution < 1.29 is 13.6 Å². The standard InChI is InChI=1S/C39H66O3Si2/c1-27(16-23-35(40)30-18-19-30)33-21-22-34-29(15-14-24-39(33,34)9)17-20-31-25-32(41-43(10,11)37(3,4)5)26-36(28(31)2)42-44(12,13)38(6,7)8/h16-17,20,23,27,30,32-34,36H,2,14-15,18-19,21-22,24-26H2,1,3-13H3/b23-16+,29-17?,31-20?/t27?,32?,33-,34?,36?,39-/m1/s1. The minimum absolute atomic E-state index is 0.0162. The summed E-state index contributed by atoms with van der Waals surface area (Å²) in [4.78, 5) is 12.4. The molecule has 0 saturated heterocycles. The Hall–Kier alpha value is -1.02. The van der Waals surface area contributed by atoms with Gasteiger partial charge in [-0.05, 0) is 128 Å². The molecule has 4 saturated carbocycles. The average molecular weight is 639 g/mol. The molecule has 6 atom stereocenters. The predicted octanol–water partition coefficient (Wildman–Crippen LogP) is 11.4. The first-order valence-corrected chi connectivity index (χ1v) is 23.6. The van der Waals surface area contributed by atoms with Gasteiger partial charge in [-0.1, -0.05) is 85.8 Å². The molecule has 0 spiro atoms. The van der Waals surface area contributed by atoms with E-state index in [9.17, 15) is 4.79 Å². The summed E-state index contributed by atoms with van der Waals surface area (Å²) in [5, 5.41) is 0.321. The van der Waals surface area contributed by atoms with Crippen LogP contribution in [0.2, 0.25) is 36.3 Å². The molecule has 248 valence electrons. The number of hydrogen-bond acceptors (Lipinski definition) is 3. The lowest BCUT2D eigenvalue weighted by molar-refractivity contribution is -0.115. The van der Waals surface area contributed by atoms with Gasteiger partial charge in [-0.15, -0.1) is 0 Å². The van der Waals surface area contributed by atoms with Gasteiger partial charge in [0.05, 0.1) is 12.2 Å². The van der Waals surface area contributed by atoms with E-state index in [2.05, 4.69) is 106 Å². The Morgan fingerprint density at radius 2 is 1.57 bits per heavy atom. The van der Waals surface area contributed by atoms with Crippen LogP contribution < -0.4 is 0 Å². The summed E-state index contributed by atoms with van der Waals surface area (Å²) in [7, 11) is -3.91. The van der Waals surface area contributed by atoms with Crippen LogP contribution in [-0.2, 0) is 13.6 Å². The molecule has 0 aromatic heterocycles. The van der Waals surface area contributed by atoms with E-state index in [1.807, 2.05) is 6.08 Å². The molecule has 4 aliphatic rings. The van der Waals surface area contributed by atoms with Crippen molar-refractivity contribution in [1.82, 2.24) is 0 Å². The highest BCUT2D eigenvalue weighted by atomic mass is 28.4. The van der Waals surface area contributed by atoms with Crippen LogP contribution in [-0.4, -0.2) is 34.6 Å². The van der Waals surface area contributed by atoms with E-state index >= 15 is 0 Å². The topological polar surface area (TPSA) is 35.5 Å². The number of allylic oxidation sites excluding steroid dienone is 5. The molecule has 0 N–H and O–H groups in total. The molecule has 0 aromatic rings. The molecular formula is C39H66O3Si2. The van der Waals surface area contributed by atoms with Gasteiger partial charge in [-0.2, -0.15) is 0 Å². The van der Waals surface area contributed by atoms with Crippen LogP contribution in [0.1, 0.15) is 113 Å². The van der Waals surface area contributed by atoms with Gasteiger partial charge in [0.1, 0.15) is 0 Å². The van der Waals surface area contributed by atoms with Crippen molar-refractivity contribution >= 4 is 22.4 Å². The summed E-state index contributed by atoms with van der Waals surface area (Å²) in [6.45, 7) is 33.0.